The molecule has 0 aliphatic carbocycles. The fraction of sp³-hybridized carbons (Fsp3) is 0.824. The van der Waals surface area contributed by atoms with Crippen LogP contribution in [0.25, 0.3) is 0 Å². The third-order valence-electron chi connectivity index (χ3n) is 3.40. The zero-order valence-electron chi connectivity index (χ0n) is 15.7. The second kappa shape index (κ2) is 7.40. The molecule has 0 aromatic heterocycles. The van der Waals surface area contributed by atoms with Gasteiger partial charge in [-0.15, -0.1) is 0 Å². The van der Waals surface area contributed by atoms with Crippen molar-refractivity contribution in [2.45, 2.75) is 84.1 Å². The molecule has 1 aliphatic rings. The smallest absolute Gasteiger partial charge is 0.411 e. The number of ether oxygens (including phenoxy) is 3. The van der Waals surface area contributed by atoms with Gasteiger partial charge in [0.25, 0.3) is 0 Å². The van der Waals surface area contributed by atoms with Crippen LogP contribution >= 0.6 is 0 Å². The van der Waals surface area contributed by atoms with Crippen LogP contribution in [-0.2, 0) is 23.8 Å². The van der Waals surface area contributed by atoms with Crippen molar-refractivity contribution in [3.8, 4) is 0 Å². The molecule has 24 heavy (non-hydrogen) atoms. The Labute approximate surface area is 143 Å². The van der Waals surface area contributed by atoms with E-state index in [0.29, 0.717) is 12.8 Å². The summed E-state index contributed by atoms with van der Waals surface area (Å²) in [6, 6.07) is -1.18. The quantitative estimate of drug-likeness (QED) is 0.579. The molecule has 7 nitrogen and oxygen atoms in total. The summed E-state index contributed by atoms with van der Waals surface area (Å²) in [6.45, 7) is 10.6. The van der Waals surface area contributed by atoms with Crippen molar-refractivity contribution < 1.29 is 28.6 Å². The summed E-state index contributed by atoms with van der Waals surface area (Å²) in [5, 5.41) is 0. The Morgan fingerprint density at radius 2 is 1.50 bits per heavy atom. The molecule has 1 fully saturated rings. The van der Waals surface area contributed by atoms with Gasteiger partial charge in [-0.2, -0.15) is 0 Å². The number of carbonyl (C=O) groups excluding carboxylic acids is 3. The average Bonchev–Trinajstić information content (AvgIpc) is 2.77. The van der Waals surface area contributed by atoms with Gasteiger partial charge >= 0.3 is 18.0 Å². The first-order valence-corrected chi connectivity index (χ1v) is 8.15. The van der Waals surface area contributed by atoms with E-state index >= 15 is 0 Å². The van der Waals surface area contributed by atoms with Crippen LogP contribution in [0.4, 0.5) is 4.79 Å². The van der Waals surface area contributed by atoms with E-state index in [1.165, 1.54) is 12.0 Å². The topological polar surface area (TPSA) is 82.1 Å². The Morgan fingerprint density at radius 3 is 1.96 bits per heavy atom. The van der Waals surface area contributed by atoms with Crippen LogP contribution in [0.3, 0.4) is 0 Å². The summed E-state index contributed by atoms with van der Waals surface area (Å²) in [4.78, 5) is 37.9. The fourth-order valence-electron chi connectivity index (χ4n) is 2.62. The Bertz CT molecular complexity index is 488. The fourth-order valence-corrected chi connectivity index (χ4v) is 2.62. The highest BCUT2D eigenvalue weighted by Gasteiger charge is 2.44. The standard InChI is InChI=1S/C17H29NO6/c1-16(2,3)23-13(19)10-11-8-9-12(14(20)22-7)18(11)15(21)24-17(4,5)6/h11-12H,8-10H2,1-7H3/t11-,12-/m1/s1. The van der Waals surface area contributed by atoms with Gasteiger partial charge in [0.1, 0.15) is 17.2 Å². The highest BCUT2D eigenvalue weighted by atomic mass is 16.6. The number of carbonyl (C=O) groups is 3. The maximum absolute atomic E-state index is 12.5. The molecular weight excluding hydrogens is 314 g/mol. The summed E-state index contributed by atoms with van der Waals surface area (Å²) in [5.41, 5.74) is -1.30. The lowest BCUT2D eigenvalue weighted by molar-refractivity contribution is -0.157. The molecular formula is C17H29NO6. The SMILES string of the molecule is COC(=O)[C@H]1CC[C@H](CC(=O)OC(C)(C)C)N1C(=O)OC(C)(C)C. The molecule has 0 spiro atoms. The van der Waals surface area contributed by atoms with Gasteiger partial charge in [0.05, 0.1) is 13.5 Å². The van der Waals surface area contributed by atoms with E-state index in [0.717, 1.165) is 0 Å². The molecule has 1 saturated heterocycles. The van der Waals surface area contributed by atoms with Gasteiger partial charge in [-0.25, -0.2) is 9.59 Å². The van der Waals surface area contributed by atoms with Crippen molar-refractivity contribution in [2.24, 2.45) is 0 Å². The molecule has 0 aromatic rings. The van der Waals surface area contributed by atoms with E-state index in [9.17, 15) is 14.4 Å². The molecule has 0 unspecified atom stereocenters. The minimum Gasteiger partial charge on any atom is -0.467 e. The first-order chi connectivity index (χ1) is 10.8. The first kappa shape index (κ1) is 20.3. The molecule has 0 aromatic carbocycles. The molecule has 1 aliphatic heterocycles. The van der Waals surface area contributed by atoms with Crippen molar-refractivity contribution in [3.05, 3.63) is 0 Å². The normalized spacial score (nSPS) is 21.4. The van der Waals surface area contributed by atoms with Gasteiger partial charge < -0.3 is 14.2 Å². The molecule has 0 radical (unpaired) electrons. The molecule has 7 heteroatoms. The molecule has 0 N–H and O–H groups in total. The van der Waals surface area contributed by atoms with E-state index in [1.807, 2.05) is 0 Å². The van der Waals surface area contributed by atoms with Crippen LogP contribution in [0.5, 0.6) is 0 Å². The lowest BCUT2D eigenvalue weighted by atomic mass is 10.1. The summed E-state index contributed by atoms with van der Waals surface area (Å²) in [5.74, 6) is -0.917. The third-order valence-corrected chi connectivity index (χ3v) is 3.40. The van der Waals surface area contributed by atoms with Crippen LogP contribution in [-0.4, -0.2) is 53.3 Å². The number of hydrogen-bond donors (Lipinski definition) is 0. The molecule has 0 bridgehead atoms. The lowest BCUT2D eigenvalue weighted by Crippen LogP contribution is -2.48. The number of esters is 2. The van der Waals surface area contributed by atoms with E-state index in [4.69, 9.17) is 14.2 Å². The summed E-state index contributed by atoms with van der Waals surface area (Å²) in [6.07, 6.45) is 0.339. The van der Waals surface area contributed by atoms with Crippen molar-refractivity contribution in [1.29, 1.82) is 0 Å². The Morgan fingerprint density at radius 1 is 0.958 bits per heavy atom. The van der Waals surface area contributed by atoms with Crippen LogP contribution in [0, 0.1) is 0 Å². The number of rotatable bonds is 3. The van der Waals surface area contributed by atoms with Crippen LogP contribution in [0.1, 0.15) is 60.8 Å². The van der Waals surface area contributed by atoms with Crippen LogP contribution < -0.4 is 0 Å². The number of methoxy groups -OCH3 is 1. The second-order valence-electron chi connectivity index (χ2n) is 7.95. The molecule has 1 amide bonds. The van der Waals surface area contributed by atoms with Crippen molar-refractivity contribution >= 4 is 18.0 Å². The molecule has 1 rings (SSSR count). The lowest BCUT2D eigenvalue weighted by Gasteiger charge is -2.31. The minimum atomic E-state index is -0.739. The molecule has 2 atom stereocenters. The van der Waals surface area contributed by atoms with Crippen molar-refractivity contribution in [1.82, 2.24) is 4.90 Å². The third kappa shape index (κ3) is 6.02. The van der Waals surface area contributed by atoms with Crippen molar-refractivity contribution in [3.63, 3.8) is 0 Å². The Hall–Kier alpha value is -1.79. The second-order valence-corrected chi connectivity index (χ2v) is 7.95. The van der Waals surface area contributed by atoms with Crippen LogP contribution in [0.15, 0.2) is 0 Å². The number of nitrogens with zero attached hydrogens (tertiary/aromatic N) is 1. The largest absolute Gasteiger partial charge is 0.467 e. The first-order valence-electron chi connectivity index (χ1n) is 8.15. The summed E-state index contributed by atoms with van der Waals surface area (Å²) < 4.78 is 15.5. The summed E-state index contributed by atoms with van der Waals surface area (Å²) in [7, 11) is 1.27. The van der Waals surface area contributed by atoms with Crippen molar-refractivity contribution in [2.75, 3.05) is 7.11 Å². The van der Waals surface area contributed by atoms with E-state index in [1.54, 1.807) is 41.5 Å². The zero-order chi connectivity index (χ0) is 18.7. The Kier molecular flexibility index (Phi) is 6.25. The predicted molar refractivity (Wildman–Crippen MR) is 87.4 cm³/mol. The van der Waals surface area contributed by atoms with Gasteiger partial charge in [0, 0.05) is 6.04 Å². The van der Waals surface area contributed by atoms with E-state index < -0.39 is 41.3 Å². The molecule has 0 saturated carbocycles. The predicted octanol–water partition coefficient (Wildman–Crippen LogP) is 2.66. The number of hydrogen-bond acceptors (Lipinski definition) is 6. The number of amides is 1. The zero-order valence-corrected chi connectivity index (χ0v) is 15.7. The Balaban J connectivity index is 2.91. The highest BCUT2D eigenvalue weighted by Crippen LogP contribution is 2.30. The molecule has 1 heterocycles. The van der Waals surface area contributed by atoms with E-state index in [-0.39, 0.29) is 6.42 Å². The van der Waals surface area contributed by atoms with Gasteiger partial charge in [-0.05, 0) is 54.4 Å². The van der Waals surface area contributed by atoms with Gasteiger partial charge in [-0.3, -0.25) is 9.69 Å². The van der Waals surface area contributed by atoms with Gasteiger partial charge in [0.15, 0.2) is 0 Å². The van der Waals surface area contributed by atoms with Gasteiger partial charge in [0.2, 0.25) is 0 Å². The number of likely N-dealkylation sites (tertiary alicyclic amines) is 1. The van der Waals surface area contributed by atoms with Crippen LogP contribution in [0.2, 0.25) is 0 Å². The maximum atomic E-state index is 12.5. The van der Waals surface area contributed by atoms with Gasteiger partial charge in [-0.1, -0.05) is 0 Å². The van der Waals surface area contributed by atoms with E-state index in [2.05, 4.69) is 0 Å². The highest BCUT2D eigenvalue weighted by molar-refractivity contribution is 5.83. The monoisotopic (exact) mass is 343 g/mol. The average molecular weight is 343 g/mol. The minimum absolute atomic E-state index is 0.0179. The molecule has 138 valence electrons. The summed E-state index contributed by atoms with van der Waals surface area (Å²) >= 11 is 0. The maximum Gasteiger partial charge on any atom is 0.411 e.